The van der Waals surface area contributed by atoms with Gasteiger partial charge in [0.15, 0.2) is 0 Å². The molecule has 0 radical (unpaired) electrons. The molecule has 1 aliphatic carbocycles. The standard InChI is InChI=1S/C15H18N2O3/c1-16(11-6-4-7-11)15(20)17-12-8-3-2-5-10(12)9-13(17)14(18)19/h2-3,5,8,11,13H,4,6-7,9H2,1H3,(H,18,19)/t13-/m0/s1. The summed E-state index contributed by atoms with van der Waals surface area (Å²) in [6, 6.07) is 6.69. The monoisotopic (exact) mass is 274 g/mol. The number of hydrogen-bond acceptors (Lipinski definition) is 2. The van der Waals surface area contributed by atoms with Crippen LogP contribution in [0.15, 0.2) is 24.3 Å². The molecule has 0 aromatic heterocycles. The number of fused-ring (bicyclic) bond motifs is 1. The van der Waals surface area contributed by atoms with E-state index in [1.807, 2.05) is 24.3 Å². The average Bonchev–Trinajstić information content (AvgIpc) is 2.75. The van der Waals surface area contributed by atoms with Crippen molar-refractivity contribution < 1.29 is 14.7 Å². The summed E-state index contributed by atoms with van der Waals surface area (Å²) >= 11 is 0. The van der Waals surface area contributed by atoms with Gasteiger partial charge in [0.2, 0.25) is 0 Å². The van der Waals surface area contributed by atoms with Gasteiger partial charge in [0, 0.05) is 25.2 Å². The lowest BCUT2D eigenvalue weighted by molar-refractivity contribution is -0.138. The molecule has 2 aliphatic rings. The highest BCUT2D eigenvalue weighted by atomic mass is 16.4. The molecule has 1 N–H and O–H groups in total. The minimum absolute atomic E-state index is 0.202. The van der Waals surface area contributed by atoms with Crippen molar-refractivity contribution in [3.63, 3.8) is 0 Å². The van der Waals surface area contributed by atoms with Crippen molar-refractivity contribution in [3.05, 3.63) is 29.8 Å². The van der Waals surface area contributed by atoms with Crippen LogP contribution in [0, 0.1) is 0 Å². The topological polar surface area (TPSA) is 60.9 Å². The number of benzene rings is 1. The Morgan fingerprint density at radius 2 is 2.00 bits per heavy atom. The number of carboxylic acids is 1. The molecule has 1 aromatic carbocycles. The first-order chi connectivity index (χ1) is 9.59. The molecule has 5 heteroatoms. The van der Waals surface area contributed by atoms with E-state index in [9.17, 15) is 14.7 Å². The number of rotatable bonds is 2. The van der Waals surface area contributed by atoms with Crippen LogP contribution in [-0.4, -0.2) is 41.1 Å². The second-order valence-electron chi connectivity index (χ2n) is 5.54. The minimum Gasteiger partial charge on any atom is -0.480 e. The van der Waals surface area contributed by atoms with E-state index >= 15 is 0 Å². The van der Waals surface area contributed by atoms with E-state index in [1.54, 1.807) is 11.9 Å². The van der Waals surface area contributed by atoms with Gasteiger partial charge in [0.25, 0.3) is 0 Å². The van der Waals surface area contributed by atoms with Crippen LogP contribution in [0.25, 0.3) is 0 Å². The first kappa shape index (κ1) is 13.0. The Labute approximate surface area is 117 Å². The Morgan fingerprint density at radius 1 is 1.30 bits per heavy atom. The maximum atomic E-state index is 12.6. The number of anilines is 1. The molecule has 1 fully saturated rings. The Balaban J connectivity index is 1.91. The molecule has 2 amide bonds. The highest BCUT2D eigenvalue weighted by Crippen LogP contribution is 2.34. The van der Waals surface area contributed by atoms with Crippen molar-refractivity contribution in [1.82, 2.24) is 4.90 Å². The molecule has 106 valence electrons. The molecule has 1 atom stereocenters. The summed E-state index contributed by atoms with van der Waals surface area (Å²) in [6.07, 6.45) is 3.54. The van der Waals surface area contributed by atoms with Crippen LogP contribution in [0.2, 0.25) is 0 Å². The van der Waals surface area contributed by atoms with Crippen LogP contribution in [0.3, 0.4) is 0 Å². The quantitative estimate of drug-likeness (QED) is 0.898. The zero-order chi connectivity index (χ0) is 14.3. The van der Waals surface area contributed by atoms with E-state index in [4.69, 9.17) is 0 Å². The van der Waals surface area contributed by atoms with Gasteiger partial charge in [0.1, 0.15) is 6.04 Å². The summed E-state index contributed by atoms with van der Waals surface area (Å²) in [5, 5.41) is 9.38. The SMILES string of the molecule is CN(C(=O)N1c2ccccc2C[C@H]1C(=O)O)C1CCC1. The number of hydrogen-bond donors (Lipinski definition) is 1. The lowest BCUT2D eigenvalue weighted by atomic mass is 9.92. The number of para-hydroxylation sites is 1. The summed E-state index contributed by atoms with van der Waals surface area (Å²) in [5.41, 5.74) is 1.66. The average molecular weight is 274 g/mol. The number of urea groups is 1. The van der Waals surface area contributed by atoms with Crippen LogP contribution in [0.4, 0.5) is 10.5 Å². The van der Waals surface area contributed by atoms with E-state index in [-0.39, 0.29) is 12.1 Å². The number of nitrogens with zero attached hydrogens (tertiary/aromatic N) is 2. The molecule has 0 unspecified atom stereocenters. The summed E-state index contributed by atoms with van der Waals surface area (Å²) in [6.45, 7) is 0. The Morgan fingerprint density at radius 3 is 2.60 bits per heavy atom. The fourth-order valence-corrected chi connectivity index (χ4v) is 2.92. The lowest BCUT2D eigenvalue weighted by Crippen LogP contribution is -2.52. The first-order valence-corrected chi connectivity index (χ1v) is 6.96. The van der Waals surface area contributed by atoms with Gasteiger partial charge in [-0.3, -0.25) is 4.90 Å². The number of carboxylic acid groups (broad SMARTS) is 1. The van der Waals surface area contributed by atoms with Gasteiger partial charge in [0.05, 0.1) is 0 Å². The third-order valence-corrected chi connectivity index (χ3v) is 4.39. The third kappa shape index (κ3) is 1.94. The molecule has 0 spiro atoms. The van der Waals surface area contributed by atoms with Crippen LogP contribution in [0.5, 0.6) is 0 Å². The summed E-state index contributed by atoms with van der Waals surface area (Å²) in [4.78, 5) is 27.2. The molecular weight excluding hydrogens is 256 g/mol. The van der Waals surface area contributed by atoms with Crippen molar-refractivity contribution in [2.75, 3.05) is 11.9 Å². The van der Waals surface area contributed by atoms with Gasteiger partial charge in [-0.15, -0.1) is 0 Å². The van der Waals surface area contributed by atoms with Gasteiger partial charge in [-0.25, -0.2) is 9.59 Å². The largest absolute Gasteiger partial charge is 0.480 e. The van der Waals surface area contributed by atoms with Crippen molar-refractivity contribution in [2.45, 2.75) is 37.8 Å². The lowest BCUT2D eigenvalue weighted by Gasteiger charge is -2.38. The van der Waals surface area contributed by atoms with Crippen LogP contribution < -0.4 is 4.90 Å². The van der Waals surface area contributed by atoms with Gasteiger partial charge in [-0.1, -0.05) is 18.2 Å². The van der Waals surface area contributed by atoms with Crippen molar-refractivity contribution in [3.8, 4) is 0 Å². The molecule has 1 aliphatic heterocycles. The fourth-order valence-electron chi connectivity index (χ4n) is 2.92. The third-order valence-electron chi connectivity index (χ3n) is 4.39. The molecule has 20 heavy (non-hydrogen) atoms. The Kier molecular flexibility index (Phi) is 3.12. The maximum absolute atomic E-state index is 12.6. The fraction of sp³-hybridized carbons (Fsp3) is 0.467. The highest BCUT2D eigenvalue weighted by Gasteiger charge is 2.41. The molecule has 1 saturated carbocycles. The number of aliphatic carboxylic acids is 1. The van der Waals surface area contributed by atoms with Crippen LogP contribution in [-0.2, 0) is 11.2 Å². The highest BCUT2D eigenvalue weighted by molar-refractivity contribution is 6.01. The molecule has 3 rings (SSSR count). The molecular formula is C15H18N2O3. The first-order valence-electron chi connectivity index (χ1n) is 6.96. The van der Waals surface area contributed by atoms with Gasteiger partial charge < -0.3 is 10.0 Å². The maximum Gasteiger partial charge on any atom is 0.327 e. The number of amides is 2. The summed E-state index contributed by atoms with van der Waals surface area (Å²) in [5.74, 6) is -0.948. The van der Waals surface area contributed by atoms with E-state index in [0.717, 1.165) is 30.5 Å². The molecule has 0 bridgehead atoms. The smallest absolute Gasteiger partial charge is 0.327 e. The molecule has 0 saturated heterocycles. The molecule has 1 heterocycles. The Bertz CT molecular complexity index is 554. The number of carbonyl (C=O) groups excluding carboxylic acids is 1. The predicted molar refractivity (Wildman–Crippen MR) is 74.8 cm³/mol. The van der Waals surface area contributed by atoms with Crippen molar-refractivity contribution in [1.29, 1.82) is 0 Å². The zero-order valence-corrected chi connectivity index (χ0v) is 11.5. The Hall–Kier alpha value is -2.04. The second kappa shape index (κ2) is 4.81. The van der Waals surface area contributed by atoms with E-state index < -0.39 is 12.0 Å². The normalized spacial score (nSPS) is 21.2. The van der Waals surface area contributed by atoms with Gasteiger partial charge in [-0.2, -0.15) is 0 Å². The van der Waals surface area contributed by atoms with E-state index in [1.165, 1.54) is 4.90 Å². The molecule has 1 aromatic rings. The van der Waals surface area contributed by atoms with Crippen LogP contribution >= 0.6 is 0 Å². The van der Waals surface area contributed by atoms with Gasteiger partial charge in [-0.05, 0) is 30.9 Å². The zero-order valence-electron chi connectivity index (χ0n) is 11.5. The van der Waals surface area contributed by atoms with E-state index in [0.29, 0.717) is 6.42 Å². The van der Waals surface area contributed by atoms with Crippen molar-refractivity contribution >= 4 is 17.7 Å². The van der Waals surface area contributed by atoms with Crippen molar-refractivity contribution in [2.24, 2.45) is 0 Å². The van der Waals surface area contributed by atoms with Gasteiger partial charge >= 0.3 is 12.0 Å². The number of carbonyl (C=O) groups is 2. The summed E-state index contributed by atoms with van der Waals surface area (Å²) in [7, 11) is 1.77. The van der Waals surface area contributed by atoms with Crippen LogP contribution in [0.1, 0.15) is 24.8 Å². The minimum atomic E-state index is -0.948. The summed E-state index contributed by atoms with van der Waals surface area (Å²) < 4.78 is 0. The van der Waals surface area contributed by atoms with E-state index in [2.05, 4.69) is 0 Å². The molecule has 5 nitrogen and oxygen atoms in total. The predicted octanol–water partition coefficient (Wildman–Crippen LogP) is 2.11. The second-order valence-corrected chi connectivity index (χ2v) is 5.54.